The smallest absolute Gasteiger partial charge is 0.164 e. The van der Waals surface area contributed by atoms with E-state index < -0.39 is 0 Å². The van der Waals surface area contributed by atoms with E-state index in [1.54, 1.807) is 0 Å². The summed E-state index contributed by atoms with van der Waals surface area (Å²) in [7, 11) is 0. The summed E-state index contributed by atoms with van der Waals surface area (Å²) in [5, 5.41) is 10.6. The molecule has 0 fully saturated rings. The van der Waals surface area contributed by atoms with Gasteiger partial charge in [0.1, 0.15) is 0 Å². The predicted octanol–water partition coefficient (Wildman–Crippen LogP) is 16.5. The van der Waals surface area contributed by atoms with E-state index in [4.69, 9.17) is 19.9 Å². The van der Waals surface area contributed by atoms with E-state index in [1.165, 1.54) is 41.7 Å². The highest BCUT2D eigenvalue weighted by Gasteiger charge is 2.20. The first-order valence-electron chi connectivity index (χ1n) is 22.9. The molecule has 5 nitrogen and oxygen atoms in total. The topological polar surface area (TPSA) is 56.5 Å². The van der Waals surface area contributed by atoms with Gasteiger partial charge < -0.3 is 4.57 Å². The van der Waals surface area contributed by atoms with Gasteiger partial charge in [0.2, 0.25) is 0 Å². The molecule has 0 aliphatic rings. The Hall–Kier alpha value is -8.84. The molecule has 4 aromatic heterocycles. The zero-order valence-corrected chi connectivity index (χ0v) is 37.3. The van der Waals surface area contributed by atoms with E-state index in [9.17, 15) is 0 Å². The second-order valence-corrected chi connectivity index (χ2v) is 18.5. The van der Waals surface area contributed by atoms with Crippen LogP contribution in [0.15, 0.2) is 224 Å². The van der Waals surface area contributed by atoms with Crippen molar-refractivity contribution >= 4 is 85.8 Å². The fourth-order valence-corrected chi connectivity index (χ4v) is 11.3. The SMILES string of the molecule is c1ccc(-c2nc3ccc(-c4nc(-c5cccc(-c6ccc7ccccc7c6)c5)nc(-c5ccc6c(c5)c5ccccc5n6-c5ccccc5)n4)cc3c3c2ccc2sc4ccccc4c23)cc1. The molecule has 0 spiro atoms. The molecule has 316 valence electrons. The molecule has 0 N–H and O–H groups in total. The molecule has 0 aliphatic heterocycles. The Balaban J connectivity index is 1.01. The highest BCUT2D eigenvalue weighted by atomic mass is 32.1. The number of nitrogens with zero attached hydrogens (tertiary/aromatic N) is 5. The summed E-state index contributed by atoms with van der Waals surface area (Å²) in [6.07, 6.45) is 0. The van der Waals surface area contributed by atoms with Gasteiger partial charge in [0.15, 0.2) is 17.5 Å². The predicted molar refractivity (Wildman–Crippen MR) is 285 cm³/mol. The zero-order chi connectivity index (χ0) is 44.7. The molecule has 14 aromatic rings. The third-order valence-corrected chi connectivity index (χ3v) is 14.5. The van der Waals surface area contributed by atoms with Crippen LogP contribution in [-0.4, -0.2) is 24.5 Å². The normalized spacial score (nSPS) is 11.8. The van der Waals surface area contributed by atoms with Crippen LogP contribution in [0.2, 0.25) is 0 Å². The largest absolute Gasteiger partial charge is 0.309 e. The fraction of sp³-hybridized carbons (Fsp3) is 0. The lowest BCUT2D eigenvalue weighted by Gasteiger charge is -2.14. The van der Waals surface area contributed by atoms with Crippen molar-refractivity contribution in [2.24, 2.45) is 0 Å². The van der Waals surface area contributed by atoms with E-state index in [0.717, 1.165) is 77.5 Å². The number of benzene rings is 10. The van der Waals surface area contributed by atoms with Gasteiger partial charge in [-0.25, -0.2) is 19.9 Å². The van der Waals surface area contributed by atoms with Crippen LogP contribution < -0.4 is 0 Å². The number of rotatable bonds is 6. The van der Waals surface area contributed by atoms with Crippen LogP contribution in [0.25, 0.3) is 137 Å². The van der Waals surface area contributed by atoms with Gasteiger partial charge in [0.25, 0.3) is 0 Å². The highest BCUT2D eigenvalue weighted by molar-refractivity contribution is 7.26. The molecule has 0 radical (unpaired) electrons. The Bertz CT molecular complexity index is 4330. The Labute approximate surface area is 394 Å². The van der Waals surface area contributed by atoms with Gasteiger partial charge in [0, 0.05) is 75.0 Å². The van der Waals surface area contributed by atoms with Gasteiger partial charge in [0.05, 0.1) is 22.2 Å². The number of fused-ring (bicyclic) bond motifs is 11. The molecule has 0 saturated heterocycles. The molecular weight excluding hydrogens is 847 g/mol. The minimum atomic E-state index is 0.595. The van der Waals surface area contributed by atoms with E-state index in [2.05, 4.69) is 229 Å². The van der Waals surface area contributed by atoms with Crippen molar-refractivity contribution in [3.8, 4) is 62.2 Å². The van der Waals surface area contributed by atoms with Crippen molar-refractivity contribution in [2.75, 3.05) is 0 Å². The van der Waals surface area contributed by atoms with Crippen molar-refractivity contribution in [1.82, 2.24) is 24.5 Å². The molecule has 68 heavy (non-hydrogen) atoms. The molecule has 0 saturated carbocycles. The molecule has 0 amide bonds. The lowest BCUT2D eigenvalue weighted by atomic mass is 9.95. The van der Waals surface area contributed by atoms with Gasteiger partial charge >= 0.3 is 0 Å². The van der Waals surface area contributed by atoms with Crippen molar-refractivity contribution in [3.63, 3.8) is 0 Å². The molecule has 0 unspecified atom stereocenters. The molecule has 0 atom stereocenters. The van der Waals surface area contributed by atoms with E-state index >= 15 is 0 Å². The number of aromatic nitrogens is 5. The van der Waals surface area contributed by atoms with Gasteiger partial charge in [-0.3, -0.25) is 0 Å². The standard InChI is InChI=1S/C62H37N5S/c1-3-15-39(16-4-1)59-49-30-33-56-58(48-23-10-12-25-55(48)68-56)57(49)51-37-44(28-31-52(51)63-59)61-64-60(43-19-13-18-41(35-43)42-27-26-38-14-7-8-17-40(38)34-42)65-62(66-61)45-29-32-54-50(36-45)47-22-9-11-24-53(47)67(54)46-20-5-2-6-21-46/h1-37H. The summed E-state index contributed by atoms with van der Waals surface area (Å²) >= 11 is 1.83. The maximum absolute atomic E-state index is 5.39. The van der Waals surface area contributed by atoms with Crippen LogP contribution >= 0.6 is 11.3 Å². The number of hydrogen-bond donors (Lipinski definition) is 0. The monoisotopic (exact) mass is 883 g/mol. The molecule has 0 aliphatic carbocycles. The third-order valence-electron chi connectivity index (χ3n) is 13.4. The highest BCUT2D eigenvalue weighted by Crippen LogP contribution is 2.44. The second-order valence-electron chi connectivity index (χ2n) is 17.4. The molecule has 4 heterocycles. The third kappa shape index (κ3) is 6.23. The maximum atomic E-state index is 5.39. The first-order valence-corrected chi connectivity index (χ1v) is 23.7. The number of thiophene rings is 1. The molecule has 6 heteroatoms. The van der Waals surface area contributed by atoms with Crippen LogP contribution in [0.4, 0.5) is 0 Å². The van der Waals surface area contributed by atoms with Gasteiger partial charge in [-0.05, 0) is 101 Å². The minimum Gasteiger partial charge on any atom is -0.309 e. The first kappa shape index (κ1) is 38.4. The summed E-state index contributed by atoms with van der Waals surface area (Å²) in [5.41, 5.74) is 11.3. The summed E-state index contributed by atoms with van der Waals surface area (Å²) in [6, 6.07) is 79.7. The van der Waals surface area contributed by atoms with Crippen molar-refractivity contribution in [3.05, 3.63) is 224 Å². The lowest BCUT2D eigenvalue weighted by Crippen LogP contribution is -2.01. The zero-order valence-electron chi connectivity index (χ0n) is 36.5. The first-order chi connectivity index (χ1) is 33.7. The molecule has 14 rings (SSSR count). The van der Waals surface area contributed by atoms with Gasteiger partial charge in [-0.1, -0.05) is 146 Å². The minimum absolute atomic E-state index is 0.595. The average molecular weight is 884 g/mol. The van der Waals surface area contributed by atoms with Crippen LogP contribution in [-0.2, 0) is 0 Å². The summed E-state index contributed by atoms with van der Waals surface area (Å²) < 4.78 is 4.84. The lowest BCUT2D eigenvalue weighted by molar-refractivity contribution is 1.07. The number of pyridine rings is 1. The Morgan fingerprint density at radius 1 is 0.309 bits per heavy atom. The fourth-order valence-electron chi connectivity index (χ4n) is 10.2. The summed E-state index contributed by atoms with van der Waals surface area (Å²) in [6.45, 7) is 0. The van der Waals surface area contributed by atoms with Crippen molar-refractivity contribution in [2.45, 2.75) is 0 Å². The Morgan fingerprint density at radius 2 is 0.912 bits per heavy atom. The Morgan fingerprint density at radius 3 is 1.74 bits per heavy atom. The van der Waals surface area contributed by atoms with Gasteiger partial charge in [-0.2, -0.15) is 0 Å². The van der Waals surface area contributed by atoms with E-state index in [1.807, 2.05) is 11.3 Å². The van der Waals surface area contributed by atoms with Gasteiger partial charge in [-0.15, -0.1) is 11.3 Å². The second kappa shape index (κ2) is 15.4. The Kier molecular flexibility index (Phi) is 8.69. The van der Waals surface area contributed by atoms with Crippen molar-refractivity contribution in [1.29, 1.82) is 0 Å². The summed E-state index contributed by atoms with van der Waals surface area (Å²) in [4.78, 5) is 21.4. The van der Waals surface area contributed by atoms with E-state index in [0.29, 0.717) is 17.5 Å². The van der Waals surface area contributed by atoms with E-state index in [-0.39, 0.29) is 0 Å². The summed E-state index contributed by atoms with van der Waals surface area (Å²) in [5.74, 6) is 1.80. The maximum Gasteiger partial charge on any atom is 0.164 e. The van der Waals surface area contributed by atoms with Crippen LogP contribution in [0.1, 0.15) is 0 Å². The number of hydrogen-bond acceptors (Lipinski definition) is 5. The molecule has 0 bridgehead atoms. The van der Waals surface area contributed by atoms with Crippen LogP contribution in [0, 0.1) is 0 Å². The quantitative estimate of drug-likeness (QED) is 0.156. The molecule has 10 aromatic carbocycles. The average Bonchev–Trinajstić information content (AvgIpc) is 3.96. The van der Waals surface area contributed by atoms with Crippen LogP contribution in [0.5, 0.6) is 0 Å². The van der Waals surface area contributed by atoms with Crippen molar-refractivity contribution < 1.29 is 0 Å². The number of para-hydroxylation sites is 2. The van der Waals surface area contributed by atoms with Crippen LogP contribution in [0.3, 0.4) is 0 Å². The molecular formula is C62H37N5S.